The van der Waals surface area contributed by atoms with Gasteiger partial charge in [0.25, 0.3) is 0 Å². The zero-order valence-electron chi connectivity index (χ0n) is 29.3. The Bertz CT molecular complexity index is 2630. The Labute approximate surface area is 300 Å². The van der Waals surface area contributed by atoms with Gasteiger partial charge in [0.05, 0.1) is 11.4 Å². The van der Waals surface area contributed by atoms with Crippen LogP contribution in [0.25, 0.3) is 82.8 Å². The molecule has 0 saturated heterocycles. The smallest absolute Gasteiger partial charge is 0.0535 e. The first-order valence-corrected chi connectivity index (χ1v) is 17.9. The fraction of sp³-hybridized carbons (Fsp3) is 0.0800. The molecule has 0 N–H and O–H groups in total. The van der Waals surface area contributed by atoms with E-state index in [0.717, 1.165) is 5.69 Å². The molecule has 8 aromatic carbocycles. The van der Waals surface area contributed by atoms with Crippen LogP contribution in [-0.2, 0) is 5.41 Å². The molecule has 0 spiro atoms. The molecule has 0 aliphatic heterocycles. The van der Waals surface area contributed by atoms with Gasteiger partial charge < -0.3 is 4.57 Å². The van der Waals surface area contributed by atoms with Gasteiger partial charge in [-0.05, 0) is 107 Å². The van der Waals surface area contributed by atoms with Gasteiger partial charge in [0.1, 0.15) is 0 Å². The van der Waals surface area contributed by atoms with E-state index >= 15 is 0 Å². The van der Waals surface area contributed by atoms with Gasteiger partial charge in [-0.25, -0.2) is 0 Å². The summed E-state index contributed by atoms with van der Waals surface area (Å²) in [6, 6.07) is 66.9. The van der Waals surface area contributed by atoms with Crippen molar-refractivity contribution in [1.29, 1.82) is 0 Å². The maximum Gasteiger partial charge on any atom is 0.0535 e. The summed E-state index contributed by atoms with van der Waals surface area (Å²) in [7, 11) is 0. The maximum absolute atomic E-state index is 2.43. The van der Waals surface area contributed by atoms with Crippen molar-refractivity contribution >= 4 is 32.3 Å². The SMILES string of the molecule is CC(C)(C)c1ccc(-c2c3ccccc3c(-c3ccc4ccccc4c3)c3cc(-n4c(-c5ccccc5)ccc4-c4ccccc4)ccc23)cc1. The number of fused-ring (bicyclic) bond motifs is 3. The Hall–Kier alpha value is -6.18. The van der Waals surface area contributed by atoms with E-state index in [1.54, 1.807) is 0 Å². The minimum atomic E-state index is 0.0845. The molecule has 0 unspecified atom stereocenters. The third-order valence-corrected chi connectivity index (χ3v) is 10.4. The molecule has 9 rings (SSSR count). The average Bonchev–Trinajstić information content (AvgIpc) is 3.62. The predicted molar refractivity (Wildman–Crippen MR) is 219 cm³/mol. The van der Waals surface area contributed by atoms with Crippen molar-refractivity contribution in [3.63, 3.8) is 0 Å². The highest BCUT2D eigenvalue weighted by atomic mass is 15.0. The third kappa shape index (κ3) is 5.43. The lowest BCUT2D eigenvalue weighted by Gasteiger charge is -2.22. The molecule has 1 aromatic heterocycles. The summed E-state index contributed by atoms with van der Waals surface area (Å²) in [6.07, 6.45) is 0. The number of benzene rings is 8. The molecule has 0 aliphatic carbocycles. The molecule has 244 valence electrons. The quantitative estimate of drug-likeness (QED) is 0.163. The van der Waals surface area contributed by atoms with Crippen LogP contribution >= 0.6 is 0 Å². The van der Waals surface area contributed by atoms with E-state index in [2.05, 4.69) is 207 Å². The largest absolute Gasteiger partial charge is 0.309 e. The van der Waals surface area contributed by atoms with Crippen LogP contribution < -0.4 is 0 Å². The topological polar surface area (TPSA) is 4.93 Å². The summed E-state index contributed by atoms with van der Waals surface area (Å²) < 4.78 is 2.43. The normalized spacial score (nSPS) is 11.8. The van der Waals surface area contributed by atoms with Gasteiger partial charge in [0, 0.05) is 5.69 Å². The molecule has 51 heavy (non-hydrogen) atoms. The lowest BCUT2D eigenvalue weighted by Crippen LogP contribution is -2.10. The minimum absolute atomic E-state index is 0.0845. The fourth-order valence-electron chi connectivity index (χ4n) is 7.79. The number of aromatic nitrogens is 1. The highest BCUT2D eigenvalue weighted by Crippen LogP contribution is 2.46. The van der Waals surface area contributed by atoms with E-state index in [9.17, 15) is 0 Å². The van der Waals surface area contributed by atoms with Gasteiger partial charge in [-0.3, -0.25) is 0 Å². The summed E-state index contributed by atoms with van der Waals surface area (Å²) in [5.74, 6) is 0. The van der Waals surface area contributed by atoms with Gasteiger partial charge >= 0.3 is 0 Å². The second-order valence-corrected chi connectivity index (χ2v) is 14.6. The van der Waals surface area contributed by atoms with Crippen molar-refractivity contribution in [3.8, 4) is 50.5 Å². The summed E-state index contributed by atoms with van der Waals surface area (Å²) in [4.78, 5) is 0. The maximum atomic E-state index is 2.43. The van der Waals surface area contributed by atoms with E-state index in [0.29, 0.717) is 0 Å². The van der Waals surface area contributed by atoms with Crippen LogP contribution in [0.3, 0.4) is 0 Å². The Morgan fingerprint density at radius 2 is 0.863 bits per heavy atom. The summed E-state index contributed by atoms with van der Waals surface area (Å²) in [5.41, 5.74) is 12.3. The fourth-order valence-corrected chi connectivity index (χ4v) is 7.79. The van der Waals surface area contributed by atoms with Crippen LogP contribution in [0.4, 0.5) is 0 Å². The van der Waals surface area contributed by atoms with Gasteiger partial charge in [0.2, 0.25) is 0 Å². The van der Waals surface area contributed by atoms with Crippen molar-refractivity contribution < 1.29 is 0 Å². The van der Waals surface area contributed by atoms with Crippen LogP contribution in [0, 0.1) is 0 Å². The van der Waals surface area contributed by atoms with Crippen LogP contribution in [0.2, 0.25) is 0 Å². The van der Waals surface area contributed by atoms with Crippen molar-refractivity contribution in [1.82, 2.24) is 4.57 Å². The second-order valence-electron chi connectivity index (χ2n) is 14.6. The van der Waals surface area contributed by atoms with E-state index in [4.69, 9.17) is 0 Å². The van der Waals surface area contributed by atoms with Gasteiger partial charge in [-0.2, -0.15) is 0 Å². The van der Waals surface area contributed by atoms with E-state index < -0.39 is 0 Å². The monoisotopic (exact) mass is 653 g/mol. The first-order chi connectivity index (χ1) is 24.9. The molecule has 9 aromatic rings. The molecule has 1 nitrogen and oxygen atoms in total. The molecule has 0 atom stereocenters. The Morgan fingerprint density at radius 1 is 0.353 bits per heavy atom. The third-order valence-electron chi connectivity index (χ3n) is 10.4. The molecule has 0 fully saturated rings. The zero-order chi connectivity index (χ0) is 34.5. The Balaban J connectivity index is 1.38. The molecule has 1 heterocycles. The predicted octanol–water partition coefficient (Wildman–Crippen LogP) is 13.9. The Kier molecular flexibility index (Phi) is 7.44. The van der Waals surface area contributed by atoms with Crippen molar-refractivity contribution in [3.05, 3.63) is 188 Å². The second kappa shape index (κ2) is 12.3. The number of nitrogens with zero attached hydrogens (tertiary/aromatic N) is 1. The van der Waals surface area contributed by atoms with Crippen LogP contribution in [0.15, 0.2) is 182 Å². The van der Waals surface area contributed by atoms with Crippen molar-refractivity contribution in [2.45, 2.75) is 26.2 Å². The van der Waals surface area contributed by atoms with Gasteiger partial charge in [-0.1, -0.05) is 172 Å². The molecule has 0 aliphatic rings. The Morgan fingerprint density at radius 3 is 1.47 bits per heavy atom. The molecule has 0 bridgehead atoms. The molecule has 1 heteroatoms. The molecule has 0 radical (unpaired) electrons. The molecule has 0 amide bonds. The van der Waals surface area contributed by atoms with Gasteiger partial charge in [0.15, 0.2) is 0 Å². The van der Waals surface area contributed by atoms with Crippen LogP contribution in [-0.4, -0.2) is 4.57 Å². The molecular formula is C50H39N. The van der Waals surface area contributed by atoms with Crippen molar-refractivity contribution in [2.75, 3.05) is 0 Å². The number of hydrogen-bond acceptors (Lipinski definition) is 0. The van der Waals surface area contributed by atoms with Crippen LogP contribution in [0.5, 0.6) is 0 Å². The summed E-state index contributed by atoms with van der Waals surface area (Å²) in [6.45, 7) is 6.84. The first-order valence-electron chi connectivity index (χ1n) is 17.9. The van der Waals surface area contributed by atoms with E-state index in [1.807, 2.05) is 0 Å². The highest BCUT2D eigenvalue weighted by Gasteiger charge is 2.21. The summed E-state index contributed by atoms with van der Waals surface area (Å²) in [5, 5.41) is 7.50. The average molecular weight is 654 g/mol. The zero-order valence-corrected chi connectivity index (χ0v) is 29.3. The number of hydrogen-bond donors (Lipinski definition) is 0. The van der Waals surface area contributed by atoms with Crippen LogP contribution in [0.1, 0.15) is 26.3 Å². The minimum Gasteiger partial charge on any atom is -0.309 e. The molecular weight excluding hydrogens is 615 g/mol. The van der Waals surface area contributed by atoms with E-state index in [-0.39, 0.29) is 5.41 Å². The lowest BCUT2D eigenvalue weighted by atomic mass is 9.83. The van der Waals surface area contributed by atoms with E-state index in [1.165, 1.54) is 82.6 Å². The highest BCUT2D eigenvalue weighted by molar-refractivity contribution is 6.22. The van der Waals surface area contributed by atoms with Crippen molar-refractivity contribution in [2.24, 2.45) is 0 Å². The molecule has 0 saturated carbocycles. The first kappa shape index (κ1) is 30.8. The number of rotatable bonds is 5. The summed E-state index contributed by atoms with van der Waals surface area (Å²) >= 11 is 0. The lowest BCUT2D eigenvalue weighted by molar-refractivity contribution is 0.590. The standard InChI is InChI=1S/C50H39N/c1-50(2,3)40-26-24-37(25-27-40)48-42-20-12-13-21-43(42)49(39-23-22-34-14-10-11-19-38(34)32-39)45-33-41(28-29-44(45)48)51-46(35-15-6-4-7-16-35)30-31-47(51)36-17-8-5-9-18-36/h4-33H,1-3H3. The van der Waals surface area contributed by atoms with Gasteiger partial charge in [-0.15, -0.1) is 0 Å².